The molecule has 1 aliphatic carbocycles. The van der Waals surface area contributed by atoms with Gasteiger partial charge < -0.3 is 11.1 Å². The summed E-state index contributed by atoms with van der Waals surface area (Å²) in [5.41, 5.74) is 9.41. The van der Waals surface area contributed by atoms with Gasteiger partial charge in [-0.2, -0.15) is 0 Å². The lowest BCUT2D eigenvalue weighted by atomic mass is 10.0. The van der Waals surface area contributed by atoms with Gasteiger partial charge in [-0.05, 0) is 50.3 Å². The highest BCUT2D eigenvalue weighted by atomic mass is 14.6. The van der Waals surface area contributed by atoms with Gasteiger partial charge in [-0.1, -0.05) is 23.8 Å². The van der Waals surface area contributed by atoms with Crippen molar-refractivity contribution in [3.8, 4) is 0 Å². The lowest BCUT2D eigenvalue weighted by Crippen LogP contribution is -1.98. The maximum absolute atomic E-state index is 6.91. The van der Waals surface area contributed by atoms with E-state index in [0.29, 0.717) is 0 Å². The molecule has 3 N–H and O–H groups in total. The third-order valence-electron chi connectivity index (χ3n) is 2.68. The quantitative estimate of drug-likeness (QED) is 0.548. The van der Waals surface area contributed by atoms with E-state index >= 15 is 0 Å². The minimum absolute atomic E-state index is 0.921. The van der Waals surface area contributed by atoms with Crippen LogP contribution >= 0.6 is 0 Å². The molecule has 0 atom stereocenters. The van der Waals surface area contributed by atoms with Crippen LogP contribution in [-0.2, 0) is 0 Å². The summed E-state index contributed by atoms with van der Waals surface area (Å²) < 4.78 is 0. The predicted molar refractivity (Wildman–Crippen MR) is 70.5 cm³/mol. The standard InChI is InChI=1S/C14H20N2/c1-12(6-5-11-15)9-10-13-7-3-2-4-8-14(13)16/h4-6,8-9,11,15H,2-3,7,10,16H2,1H3/b6-5-,12-9-,15-11?. The van der Waals surface area contributed by atoms with Gasteiger partial charge in [0.25, 0.3) is 0 Å². The summed E-state index contributed by atoms with van der Waals surface area (Å²) in [5, 5.41) is 6.91. The molecule has 1 rings (SSSR count). The Bertz CT molecular complexity index is 357. The Morgan fingerprint density at radius 3 is 3.12 bits per heavy atom. The second-order valence-corrected chi connectivity index (χ2v) is 4.03. The fraction of sp³-hybridized carbons (Fsp3) is 0.357. The van der Waals surface area contributed by atoms with Crippen molar-refractivity contribution >= 4 is 6.21 Å². The molecule has 0 amide bonds. The summed E-state index contributed by atoms with van der Waals surface area (Å²) in [7, 11) is 0. The Balaban J connectivity index is 2.63. The molecule has 1 aliphatic rings. The number of nitrogens with one attached hydrogen (secondary N) is 1. The molecule has 0 bridgehead atoms. The van der Waals surface area contributed by atoms with Crippen LogP contribution in [0.1, 0.15) is 32.6 Å². The summed E-state index contributed by atoms with van der Waals surface area (Å²) in [6, 6.07) is 0. The Labute approximate surface area is 97.7 Å². The van der Waals surface area contributed by atoms with Crippen molar-refractivity contribution in [2.45, 2.75) is 32.6 Å². The second-order valence-electron chi connectivity index (χ2n) is 4.03. The van der Waals surface area contributed by atoms with Crippen LogP contribution in [-0.4, -0.2) is 6.21 Å². The van der Waals surface area contributed by atoms with Crippen molar-refractivity contribution in [2.24, 2.45) is 5.73 Å². The monoisotopic (exact) mass is 216 g/mol. The van der Waals surface area contributed by atoms with Gasteiger partial charge >= 0.3 is 0 Å². The van der Waals surface area contributed by atoms with E-state index in [4.69, 9.17) is 11.1 Å². The van der Waals surface area contributed by atoms with Crippen LogP contribution in [0.25, 0.3) is 0 Å². The number of nitrogens with two attached hydrogens (primary N) is 1. The molecule has 0 aromatic carbocycles. The van der Waals surface area contributed by atoms with Gasteiger partial charge in [-0.15, -0.1) is 0 Å². The number of rotatable bonds is 4. The lowest BCUT2D eigenvalue weighted by molar-refractivity contribution is 0.819. The first-order valence-corrected chi connectivity index (χ1v) is 5.72. The highest BCUT2D eigenvalue weighted by Crippen LogP contribution is 2.20. The van der Waals surface area contributed by atoms with Crippen LogP contribution in [0.4, 0.5) is 0 Å². The molecule has 2 heteroatoms. The third kappa shape index (κ3) is 4.30. The van der Waals surface area contributed by atoms with Crippen LogP contribution in [0.15, 0.2) is 47.2 Å². The smallest absolute Gasteiger partial charge is 0.0305 e. The molecule has 0 radical (unpaired) electrons. The molecular formula is C14H20N2. The Morgan fingerprint density at radius 2 is 2.38 bits per heavy atom. The minimum Gasteiger partial charge on any atom is -0.399 e. The van der Waals surface area contributed by atoms with E-state index in [1.807, 2.05) is 19.1 Å². The van der Waals surface area contributed by atoms with Crippen molar-refractivity contribution in [1.82, 2.24) is 0 Å². The van der Waals surface area contributed by atoms with E-state index in [1.165, 1.54) is 23.8 Å². The van der Waals surface area contributed by atoms with Crippen molar-refractivity contribution in [3.63, 3.8) is 0 Å². The molecule has 0 saturated heterocycles. The molecule has 0 heterocycles. The fourth-order valence-corrected chi connectivity index (χ4v) is 1.68. The van der Waals surface area contributed by atoms with E-state index in [1.54, 1.807) is 6.08 Å². The van der Waals surface area contributed by atoms with Gasteiger partial charge in [0, 0.05) is 11.9 Å². The summed E-state index contributed by atoms with van der Waals surface area (Å²) in [6.07, 6.45) is 15.6. The maximum Gasteiger partial charge on any atom is 0.0305 e. The molecule has 0 aromatic heterocycles. The van der Waals surface area contributed by atoms with Gasteiger partial charge in [0.2, 0.25) is 0 Å². The average Bonchev–Trinajstić information content (AvgIpc) is 2.48. The Kier molecular flexibility index (Phi) is 5.34. The molecule has 16 heavy (non-hydrogen) atoms. The highest BCUT2D eigenvalue weighted by molar-refractivity contribution is 5.68. The number of hydrogen-bond acceptors (Lipinski definition) is 2. The van der Waals surface area contributed by atoms with Crippen LogP contribution in [0.2, 0.25) is 0 Å². The summed E-state index contributed by atoms with van der Waals surface area (Å²) in [4.78, 5) is 0. The Morgan fingerprint density at radius 1 is 1.56 bits per heavy atom. The van der Waals surface area contributed by atoms with Gasteiger partial charge in [0.1, 0.15) is 0 Å². The summed E-state index contributed by atoms with van der Waals surface area (Å²) >= 11 is 0. The van der Waals surface area contributed by atoms with Crippen molar-refractivity contribution in [3.05, 3.63) is 47.2 Å². The molecule has 0 aromatic rings. The largest absolute Gasteiger partial charge is 0.399 e. The second kappa shape index (κ2) is 6.83. The molecule has 2 nitrogen and oxygen atoms in total. The van der Waals surface area contributed by atoms with Crippen LogP contribution < -0.4 is 5.73 Å². The highest BCUT2D eigenvalue weighted by Gasteiger charge is 2.03. The zero-order chi connectivity index (χ0) is 11.8. The minimum atomic E-state index is 0.921. The Hall–Kier alpha value is -1.57. The van der Waals surface area contributed by atoms with Gasteiger partial charge in [-0.25, -0.2) is 0 Å². The predicted octanol–water partition coefficient (Wildman–Crippen LogP) is 3.48. The van der Waals surface area contributed by atoms with Crippen molar-refractivity contribution in [1.29, 1.82) is 5.41 Å². The van der Waals surface area contributed by atoms with Crippen molar-refractivity contribution in [2.75, 3.05) is 0 Å². The zero-order valence-electron chi connectivity index (χ0n) is 9.87. The number of hydrogen-bond donors (Lipinski definition) is 2. The third-order valence-corrected chi connectivity index (χ3v) is 2.68. The van der Waals surface area contributed by atoms with Gasteiger partial charge in [0.15, 0.2) is 0 Å². The molecule has 0 saturated carbocycles. The van der Waals surface area contributed by atoms with Crippen LogP contribution in [0.5, 0.6) is 0 Å². The van der Waals surface area contributed by atoms with E-state index in [0.717, 1.165) is 25.0 Å². The van der Waals surface area contributed by atoms with E-state index in [2.05, 4.69) is 12.2 Å². The van der Waals surface area contributed by atoms with E-state index in [-0.39, 0.29) is 0 Å². The SMILES string of the molecule is CC(/C=C\C=N)=C/CC1=C(N)C=CCCC1. The zero-order valence-corrected chi connectivity index (χ0v) is 9.87. The normalized spacial score (nSPS) is 17.9. The van der Waals surface area contributed by atoms with Gasteiger partial charge in [-0.3, -0.25) is 0 Å². The number of allylic oxidation sites excluding steroid dienone is 7. The average molecular weight is 216 g/mol. The maximum atomic E-state index is 6.91. The summed E-state index contributed by atoms with van der Waals surface area (Å²) in [6.45, 7) is 2.04. The lowest BCUT2D eigenvalue weighted by Gasteiger charge is -2.05. The van der Waals surface area contributed by atoms with E-state index in [9.17, 15) is 0 Å². The molecule has 0 unspecified atom stereocenters. The topological polar surface area (TPSA) is 49.9 Å². The fourth-order valence-electron chi connectivity index (χ4n) is 1.68. The molecule has 86 valence electrons. The van der Waals surface area contributed by atoms with Crippen molar-refractivity contribution < 1.29 is 0 Å². The molecule has 0 aliphatic heterocycles. The first-order valence-electron chi connectivity index (χ1n) is 5.72. The van der Waals surface area contributed by atoms with Crippen LogP contribution in [0, 0.1) is 5.41 Å². The van der Waals surface area contributed by atoms with Gasteiger partial charge in [0.05, 0.1) is 0 Å². The molecule has 0 spiro atoms. The first-order chi connectivity index (χ1) is 7.74. The van der Waals surface area contributed by atoms with Crippen LogP contribution in [0.3, 0.4) is 0 Å². The first kappa shape index (κ1) is 12.5. The molecular weight excluding hydrogens is 196 g/mol. The molecule has 0 fully saturated rings. The van der Waals surface area contributed by atoms with E-state index < -0.39 is 0 Å². The summed E-state index contributed by atoms with van der Waals surface area (Å²) in [5.74, 6) is 0.